The third kappa shape index (κ3) is 1.65. The third-order valence-electron chi connectivity index (χ3n) is 3.30. The van der Waals surface area contributed by atoms with Crippen molar-refractivity contribution in [2.24, 2.45) is 0 Å². The number of aryl methyl sites for hydroxylation is 1. The minimum Gasteiger partial charge on any atom is -0.480 e. The van der Waals surface area contributed by atoms with Crippen LogP contribution in [0.4, 0.5) is 5.69 Å². The standard InChI is InChI=1S/C12H14ClNO2/c1-2-12(11(15)16)7-6-8-4-3-5-9(13)10(8)14-12/h3-5,14H,2,6-7H2,1H3,(H,15,16). The Morgan fingerprint density at radius 2 is 2.38 bits per heavy atom. The van der Waals surface area contributed by atoms with E-state index in [0.717, 1.165) is 17.7 Å². The summed E-state index contributed by atoms with van der Waals surface area (Å²) in [5, 5.41) is 13.0. The van der Waals surface area contributed by atoms with Crippen molar-refractivity contribution >= 4 is 23.3 Å². The number of rotatable bonds is 2. The van der Waals surface area contributed by atoms with Gasteiger partial charge in [0.15, 0.2) is 0 Å². The van der Waals surface area contributed by atoms with Gasteiger partial charge in [0, 0.05) is 0 Å². The number of anilines is 1. The van der Waals surface area contributed by atoms with E-state index in [1.165, 1.54) is 0 Å². The van der Waals surface area contributed by atoms with Crippen LogP contribution in [0.1, 0.15) is 25.3 Å². The van der Waals surface area contributed by atoms with Crippen LogP contribution in [0.2, 0.25) is 5.02 Å². The van der Waals surface area contributed by atoms with Crippen LogP contribution in [-0.2, 0) is 11.2 Å². The number of nitrogens with one attached hydrogen (secondary N) is 1. The summed E-state index contributed by atoms with van der Waals surface area (Å²) in [5.74, 6) is -0.805. The predicted octanol–water partition coefficient (Wildman–Crippen LogP) is 2.93. The molecular formula is C12H14ClNO2. The molecule has 1 aromatic rings. The highest BCUT2D eigenvalue weighted by Gasteiger charge is 2.39. The zero-order chi connectivity index (χ0) is 11.8. The van der Waals surface area contributed by atoms with Gasteiger partial charge in [-0.3, -0.25) is 0 Å². The van der Waals surface area contributed by atoms with Crippen molar-refractivity contribution in [1.29, 1.82) is 0 Å². The smallest absolute Gasteiger partial charge is 0.329 e. The molecule has 1 heterocycles. The number of hydrogen-bond acceptors (Lipinski definition) is 2. The maximum absolute atomic E-state index is 11.3. The van der Waals surface area contributed by atoms with Gasteiger partial charge in [0.1, 0.15) is 5.54 Å². The molecule has 1 aliphatic heterocycles. The summed E-state index contributed by atoms with van der Waals surface area (Å²) >= 11 is 6.08. The Balaban J connectivity index is 2.42. The minimum atomic E-state index is -0.863. The van der Waals surface area contributed by atoms with Gasteiger partial charge in [0.05, 0.1) is 10.7 Å². The molecule has 0 aliphatic carbocycles. The fraction of sp³-hybridized carbons (Fsp3) is 0.417. The second-order valence-corrected chi connectivity index (χ2v) is 4.55. The fourth-order valence-electron chi connectivity index (χ4n) is 2.14. The van der Waals surface area contributed by atoms with Gasteiger partial charge in [0.2, 0.25) is 0 Å². The van der Waals surface area contributed by atoms with E-state index in [2.05, 4.69) is 5.32 Å². The van der Waals surface area contributed by atoms with Crippen LogP contribution in [-0.4, -0.2) is 16.6 Å². The Morgan fingerprint density at radius 1 is 1.62 bits per heavy atom. The zero-order valence-corrected chi connectivity index (χ0v) is 9.84. The van der Waals surface area contributed by atoms with Crippen LogP contribution >= 0.6 is 11.6 Å². The van der Waals surface area contributed by atoms with Crippen LogP contribution in [0, 0.1) is 0 Å². The Morgan fingerprint density at radius 3 is 3.00 bits per heavy atom. The first-order chi connectivity index (χ1) is 7.59. The van der Waals surface area contributed by atoms with E-state index in [9.17, 15) is 9.90 Å². The minimum absolute atomic E-state index is 0.549. The molecule has 2 N–H and O–H groups in total. The van der Waals surface area contributed by atoms with E-state index in [1.54, 1.807) is 6.07 Å². The number of para-hydroxylation sites is 1. The monoisotopic (exact) mass is 239 g/mol. The van der Waals surface area contributed by atoms with Gasteiger partial charge in [-0.05, 0) is 30.9 Å². The SMILES string of the molecule is CCC1(C(=O)O)CCc2cccc(Cl)c2N1. The van der Waals surface area contributed by atoms with Crippen LogP contribution < -0.4 is 5.32 Å². The van der Waals surface area contributed by atoms with Crippen molar-refractivity contribution in [3.05, 3.63) is 28.8 Å². The molecule has 4 heteroatoms. The Labute approximate surface area is 99.4 Å². The first kappa shape index (κ1) is 11.3. The van der Waals surface area contributed by atoms with Crippen molar-refractivity contribution in [2.75, 3.05) is 5.32 Å². The van der Waals surface area contributed by atoms with Gasteiger partial charge in [-0.25, -0.2) is 4.79 Å². The maximum Gasteiger partial charge on any atom is 0.329 e. The van der Waals surface area contributed by atoms with E-state index in [1.807, 2.05) is 19.1 Å². The van der Waals surface area contributed by atoms with Crippen LogP contribution in [0.3, 0.4) is 0 Å². The number of halogens is 1. The molecule has 1 atom stereocenters. The number of benzene rings is 1. The van der Waals surface area contributed by atoms with Crippen molar-refractivity contribution in [3.8, 4) is 0 Å². The van der Waals surface area contributed by atoms with E-state index >= 15 is 0 Å². The van der Waals surface area contributed by atoms with Crippen LogP contribution in [0.25, 0.3) is 0 Å². The van der Waals surface area contributed by atoms with E-state index < -0.39 is 11.5 Å². The molecule has 1 aromatic carbocycles. The summed E-state index contributed by atoms with van der Waals surface area (Å²) in [6.07, 6.45) is 1.90. The molecule has 1 unspecified atom stereocenters. The van der Waals surface area contributed by atoms with Crippen molar-refractivity contribution in [1.82, 2.24) is 0 Å². The first-order valence-corrected chi connectivity index (χ1v) is 5.76. The maximum atomic E-state index is 11.3. The lowest BCUT2D eigenvalue weighted by atomic mass is 9.84. The fourth-order valence-corrected chi connectivity index (χ4v) is 2.39. The van der Waals surface area contributed by atoms with Gasteiger partial charge >= 0.3 is 5.97 Å². The molecule has 2 rings (SSSR count). The molecule has 0 saturated heterocycles. The summed E-state index contributed by atoms with van der Waals surface area (Å²) in [6.45, 7) is 1.88. The summed E-state index contributed by atoms with van der Waals surface area (Å²) in [4.78, 5) is 11.3. The molecule has 0 saturated carbocycles. The van der Waals surface area contributed by atoms with Gasteiger partial charge in [-0.1, -0.05) is 30.7 Å². The largest absolute Gasteiger partial charge is 0.480 e. The number of carboxylic acids is 1. The highest BCUT2D eigenvalue weighted by atomic mass is 35.5. The number of aliphatic carboxylic acids is 1. The predicted molar refractivity (Wildman–Crippen MR) is 64.1 cm³/mol. The summed E-state index contributed by atoms with van der Waals surface area (Å²) in [6, 6.07) is 5.65. The Kier molecular flexibility index (Phi) is 2.80. The van der Waals surface area contributed by atoms with E-state index in [0.29, 0.717) is 17.9 Å². The van der Waals surface area contributed by atoms with Gasteiger partial charge in [0.25, 0.3) is 0 Å². The normalized spacial score (nSPS) is 23.4. The Hall–Kier alpha value is -1.22. The topological polar surface area (TPSA) is 49.3 Å². The molecule has 1 aliphatic rings. The highest BCUT2D eigenvalue weighted by molar-refractivity contribution is 6.33. The molecule has 3 nitrogen and oxygen atoms in total. The molecule has 16 heavy (non-hydrogen) atoms. The van der Waals surface area contributed by atoms with Crippen LogP contribution in [0.15, 0.2) is 18.2 Å². The Bertz CT molecular complexity index is 433. The number of fused-ring (bicyclic) bond motifs is 1. The molecule has 0 fully saturated rings. The van der Waals surface area contributed by atoms with Gasteiger partial charge in [-0.2, -0.15) is 0 Å². The second-order valence-electron chi connectivity index (χ2n) is 4.14. The lowest BCUT2D eigenvalue weighted by molar-refractivity contribution is -0.142. The number of carboxylic acid groups (broad SMARTS) is 1. The van der Waals surface area contributed by atoms with E-state index in [4.69, 9.17) is 11.6 Å². The lowest BCUT2D eigenvalue weighted by Crippen LogP contribution is -2.48. The number of carbonyl (C=O) groups is 1. The summed E-state index contributed by atoms with van der Waals surface area (Å²) < 4.78 is 0. The average molecular weight is 240 g/mol. The summed E-state index contributed by atoms with van der Waals surface area (Å²) in [5.41, 5.74) is 1.01. The average Bonchev–Trinajstić information content (AvgIpc) is 2.29. The van der Waals surface area contributed by atoms with E-state index in [-0.39, 0.29) is 0 Å². The highest BCUT2D eigenvalue weighted by Crippen LogP contribution is 2.37. The molecule has 0 bridgehead atoms. The summed E-state index contributed by atoms with van der Waals surface area (Å²) in [7, 11) is 0. The lowest BCUT2D eigenvalue weighted by Gasteiger charge is -2.36. The van der Waals surface area contributed by atoms with Crippen molar-refractivity contribution < 1.29 is 9.90 Å². The molecule has 86 valence electrons. The molecule has 0 amide bonds. The first-order valence-electron chi connectivity index (χ1n) is 5.38. The van der Waals surface area contributed by atoms with Crippen molar-refractivity contribution in [2.45, 2.75) is 31.7 Å². The molecule has 0 spiro atoms. The molecule has 0 radical (unpaired) electrons. The number of hydrogen-bond donors (Lipinski definition) is 2. The van der Waals surface area contributed by atoms with Gasteiger partial charge in [-0.15, -0.1) is 0 Å². The third-order valence-corrected chi connectivity index (χ3v) is 3.61. The van der Waals surface area contributed by atoms with Crippen LogP contribution in [0.5, 0.6) is 0 Å². The van der Waals surface area contributed by atoms with Crippen molar-refractivity contribution in [3.63, 3.8) is 0 Å². The van der Waals surface area contributed by atoms with Gasteiger partial charge < -0.3 is 10.4 Å². The second kappa shape index (κ2) is 3.98. The molecule has 0 aromatic heterocycles. The molecular weight excluding hydrogens is 226 g/mol. The quantitative estimate of drug-likeness (QED) is 0.834. The zero-order valence-electron chi connectivity index (χ0n) is 9.09.